The molecule has 0 aromatic carbocycles. The Morgan fingerprint density at radius 2 is 2.00 bits per heavy atom. The van der Waals surface area contributed by atoms with Crippen LogP contribution in [-0.2, 0) is 12.1 Å². The van der Waals surface area contributed by atoms with Gasteiger partial charge in [-0.15, -0.1) is 0 Å². The van der Waals surface area contributed by atoms with Gasteiger partial charge in [-0.25, -0.2) is 0 Å². The maximum Gasteiger partial charge on any atom is 0.0543 e. The largest absolute Gasteiger partial charge is 0.328 e. The topological polar surface area (TPSA) is 55.9 Å². The molecule has 1 fully saturated rings. The Morgan fingerprint density at radius 1 is 1.33 bits per heavy atom. The highest BCUT2D eigenvalue weighted by atomic mass is 15.3. The van der Waals surface area contributed by atoms with Crippen molar-refractivity contribution in [3.63, 3.8) is 0 Å². The summed E-state index contributed by atoms with van der Waals surface area (Å²) >= 11 is 0. The second kappa shape index (κ2) is 5.41. The van der Waals surface area contributed by atoms with Crippen molar-refractivity contribution in [2.45, 2.75) is 70.6 Å². The minimum absolute atomic E-state index is 0.0653. The normalized spacial score (nSPS) is 25.3. The highest BCUT2D eigenvalue weighted by Crippen LogP contribution is 2.18. The molecular weight excluding hydrogens is 224 g/mol. The monoisotopic (exact) mass is 250 g/mol. The number of nitrogens with one attached hydrogen (secondary N) is 1. The van der Waals surface area contributed by atoms with Crippen LogP contribution in [-0.4, -0.2) is 21.9 Å². The van der Waals surface area contributed by atoms with Crippen LogP contribution in [0, 0.1) is 0 Å². The van der Waals surface area contributed by atoms with E-state index in [0.29, 0.717) is 12.1 Å². The quantitative estimate of drug-likeness (QED) is 0.862. The van der Waals surface area contributed by atoms with Gasteiger partial charge in [-0.1, -0.05) is 0 Å². The maximum atomic E-state index is 5.91. The Labute approximate surface area is 110 Å². The van der Waals surface area contributed by atoms with Crippen LogP contribution in [0.25, 0.3) is 0 Å². The van der Waals surface area contributed by atoms with Crippen LogP contribution in [0.2, 0.25) is 0 Å². The smallest absolute Gasteiger partial charge is 0.0543 e. The molecule has 0 bridgehead atoms. The molecule has 0 spiro atoms. The lowest BCUT2D eigenvalue weighted by Crippen LogP contribution is -2.36. The molecule has 0 radical (unpaired) electrons. The molecule has 0 amide bonds. The Bertz CT molecular complexity index is 369. The van der Waals surface area contributed by atoms with E-state index in [1.54, 1.807) is 0 Å². The summed E-state index contributed by atoms with van der Waals surface area (Å²) in [5.74, 6) is 0. The standard InChI is InChI=1S/C14H26N4/c1-14(2,3)18-10-11(9-17-18)8-16-13-6-4-12(15)5-7-13/h9-10,12-13,16H,4-8,15H2,1-3H3. The van der Waals surface area contributed by atoms with Gasteiger partial charge in [0.25, 0.3) is 0 Å². The fourth-order valence-electron chi connectivity index (χ4n) is 2.40. The van der Waals surface area contributed by atoms with Crippen molar-refractivity contribution >= 4 is 0 Å². The first-order valence-corrected chi connectivity index (χ1v) is 6.98. The molecule has 0 unspecified atom stereocenters. The third-order valence-corrected chi connectivity index (χ3v) is 3.69. The first kappa shape index (κ1) is 13.6. The zero-order valence-electron chi connectivity index (χ0n) is 11.8. The van der Waals surface area contributed by atoms with Gasteiger partial charge in [-0.05, 0) is 46.5 Å². The van der Waals surface area contributed by atoms with Gasteiger partial charge in [0.15, 0.2) is 0 Å². The van der Waals surface area contributed by atoms with Crippen LogP contribution in [0.3, 0.4) is 0 Å². The first-order chi connectivity index (χ1) is 8.45. The molecule has 102 valence electrons. The molecule has 0 atom stereocenters. The molecule has 3 N–H and O–H groups in total. The lowest BCUT2D eigenvalue weighted by molar-refractivity contribution is 0.340. The Kier molecular flexibility index (Phi) is 4.07. The predicted molar refractivity (Wildman–Crippen MR) is 74.3 cm³/mol. The van der Waals surface area contributed by atoms with Crippen LogP contribution < -0.4 is 11.1 Å². The third-order valence-electron chi connectivity index (χ3n) is 3.69. The van der Waals surface area contributed by atoms with Gasteiger partial charge in [0.05, 0.1) is 11.7 Å². The number of hydrogen-bond donors (Lipinski definition) is 2. The first-order valence-electron chi connectivity index (χ1n) is 6.98. The van der Waals surface area contributed by atoms with E-state index in [0.717, 1.165) is 19.4 Å². The Morgan fingerprint density at radius 3 is 2.56 bits per heavy atom. The molecule has 4 nitrogen and oxygen atoms in total. The second-order valence-electron chi connectivity index (χ2n) is 6.46. The summed E-state index contributed by atoms with van der Waals surface area (Å²) in [5.41, 5.74) is 7.24. The van der Waals surface area contributed by atoms with Crippen molar-refractivity contribution in [1.82, 2.24) is 15.1 Å². The van der Waals surface area contributed by atoms with E-state index in [1.807, 2.05) is 10.9 Å². The van der Waals surface area contributed by atoms with Crippen molar-refractivity contribution in [3.05, 3.63) is 18.0 Å². The zero-order chi connectivity index (χ0) is 13.2. The highest BCUT2D eigenvalue weighted by molar-refractivity contribution is 5.05. The lowest BCUT2D eigenvalue weighted by atomic mass is 9.92. The number of hydrogen-bond acceptors (Lipinski definition) is 3. The molecular formula is C14H26N4. The van der Waals surface area contributed by atoms with E-state index in [-0.39, 0.29) is 5.54 Å². The maximum absolute atomic E-state index is 5.91. The molecule has 1 heterocycles. The minimum Gasteiger partial charge on any atom is -0.328 e. The molecule has 0 aliphatic heterocycles. The zero-order valence-corrected chi connectivity index (χ0v) is 11.8. The van der Waals surface area contributed by atoms with Crippen LogP contribution in [0.15, 0.2) is 12.4 Å². The fraction of sp³-hybridized carbons (Fsp3) is 0.786. The van der Waals surface area contributed by atoms with Gasteiger partial charge < -0.3 is 11.1 Å². The molecule has 1 aliphatic carbocycles. The van der Waals surface area contributed by atoms with Gasteiger partial charge in [0.2, 0.25) is 0 Å². The average Bonchev–Trinajstić information content (AvgIpc) is 2.77. The predicted octanol–water partition coefficient (Wildman–Crippen LogP) is 2.00. The van der Waals surface area contributed by atoms with Crippen molar-refractivity contribution in [2.24, 2.45) is 5.73 Å². The van der Waals surface area contributed by atoms with E-state index in [9.17, 15) is 0 Å². The summed E-state index contributed by atoms with van der Waals surface area (Å²) in [6, 6.07) is 1.05. The van der Waals surface area contributed by atoms with Gasteiger partial charge >= 0.3 is 0 Å². The van der Waals surface area contributed by atoms with Gasteiger partial charge in [-0.3, -0.25) is 4.68 Å². The van der Waals surface area contributed by atoms with Crippen molar-refractivity contribution in [2.75, 3.05) is 0 Å². The summed E-state index contributed by atoms with van der Waals surface area (Å²) in [5, 5.41) is 8.03. The summed E-state index contributed by atoms with van der Waals surface area (Å²) in [4.78, 5) is 0. The average molecular weight is 250 g/mol. The van der Waals surface area contributed by atoms with E-state index >= 15 is 0 Å². The van der Waals surface area contributed by atoms with E-state index in [4.69, 9.17) is 5.73 Å². The molecule has 1 aliphatic rings. The van der Waals surface area contributed by atoms with Gasteiger partial charge in [0, 0.05) is 30.4 Å². The molecule has 1 saturated carbocycles. The van der Waals surface area contributed by atoms with Crippen molar-refractivity contribution in [1.29, 1.82) is 0 Å². The number of rotatable bonds is 3. The summed E-state index contributed by atoms with van der Waals surface area (Å²) in [7, 11) is 0. The number of aromatic nitrogens is 2. The molecule has 2 rings (SSSR count). The van der Waals surface area contributed by atoms with E-state index in [2.05, 4.69) is 37.4 Å². The van der Waals surface area contributed by atoms with Crippen LogP contribution in [0.4, 0.5) is 0 Å². The number of nitrogens with zero attached hydrogens (tertiary/aromatic N) is 2. The molecule has 18 heavy (non-hydrogen) atoms. The Balaban J connectivity index is 1.82. The van der Waals surface area contributed by atoms with Gasteiger partial charge in [-0.2, -0.15) is 5.10 Å². The molecule has 0 saturated heterocycles. The van der Waals surface area contributed by atoms with Crippen molar-refractivity contribution < 1.29 is 0 Å². The fourth-order valence-corrected chi connectivity index (χ4v) is 2.40. The van der Waals surface area contributed by atoms with E-state index < -0.39 is 0 Å². The number of nitrogens with two attached hydrogens (primary N) is 1. The lowest BCUT2D eigenvalue weighted by Gasteiger charge is -2.26. The van der Waals surface area contributed by atoms with Crippen LogP contribution in [0.1, 0.15) is 52.0 Å². The SMILES string of the molecule is CC(C)(C)n1cc(CNC2CCC(N)CC2)cn1. The molecule has 1 aromatic rings. The minimum atomic E-state index is 0.0653. The van der Waals surface area contributed by atoms with Crippen molar-refractivity contribution in [3.8, 4) is 0 Å². The Hall–Kier alpha value is -0.870. The van der Waals surface area contributed by atoms with E-state index in [1.165, 1.54) is 18.4 Å². The molecule has 4 heteroatoms. The summed E-state index contributed by atoms with van der Waals surface area (Å²) in [6.07, 6.45) is 8.81. The highest BCUT2D eigenvalue weighted by Gasteiger charge is 2.18. The van der Waals surface area contributed by atoms with Crippen LogP contribution >= 0.6 is 0 Å². The second-order valence-corrected chi connectivity index (χ2v) is 6.46. The third kappa shape index (κ3) is 3.56. The summed E-state index contributed by atoms with van der Waals surface area (Å²) in [6.45, 7) is 7.41. The van der Waals surface area contributed by atoms with Gasteiger partial charge in [0.1, 0.15) is 0 Å². The van der Waals surface area contributed by atoms with Crippen LogP contribution in [0.5, 0.6) is 0 Å². The summed E-state index contributed by atoms with van der Waals surface area (Å²) < 4.78 is 2.03. The molecule has 1 aromatic heterocycles.